The van der Waals surface area contributed by atoms with Gasteiger partial charge in [0, 0.05) is 12.2 Å². The molecule has 0 aliphatic heterocycles. The minimum absolute atomic E-state index is 0.169. The SMILES string of the molecule is Cc1cc(F)cc(NCCC(C)C)c1. The quantitative estimate of drug-likeness (QED) is 0.774. The number of rotatable bonds is 4. The largest absolute Gasteiger partial charge is 0.385 e. The molecule has 1 nitrogen and oxygen atoms in total. The fraction of sp³-hybridized carbons (Fsp3) is 0.500. The summed E-state index contributed by atoms with van der Waals surface area (Å²) in [6.45, 7) is 7.16. The smallest absolute Gasteiger partial charge is 0.125 e. The molecule has 0 aliphatic rings. The van der Waals surface area contributed by atoms with Crippen molar-refractivity contribution in [2.24, 2.45) is 5.92 Å². The van der Waals surface area contributed by atoms with E-state index in [-0.39, 0.29) is 5.82 Å². The van der Waals surface area contributed by atoms with Gasteiger partial charge in [-0.3, -0.25) is 0 Å². The van der Waals surface area contributed by atoms with Crippen LogP contribution >= 0.6 is 0 Å². The van der Waals surface area contributed by atoms with Crippen LogP contribution in [0, 0.1) is 18.7 Å². The molecule has 0 saturated heterocycles. The van der Waals surface area contributed by atoms with E-state index >= 15 is 0 Å². The van der Waals surface area contributed by atoms with Crippen LogP contribution in [0.5, 0.6) is 0 Å². The van der Waals surface area contributed by atoms with Crippen molar-refractivity contribution < 1.29 is 4.39 Å². The molecule has 0 atom stereocenters. The van der Waals surface area contributed by atoms with E-state index in [0.717, 1.165) is 24.2 Å². The number of hydrogen-bond donors (Lipinski definition) is 1. The average Bonchev–Trinajstić information content (AvgIpc) is 2.01. The molecule has 0 aromatic heterocycles. The summed E-state index contributed by atoms with van der Waals surface area (Å²) in [4.78, 5) is 0. The first-order valence-electron chi connectivity index (χ1n) is 5.09. The van der Waals surface area contributed by atoms with Gasteiger partial charge in [0.25, 0.3) is 0 Å². The van der Waals surface area contributed by atoms with Crippen molar-refractivity contribution in [3.05, 3.63) is 29.6 Å². The summed E-state index contributed by atoms with van der Waals surface area (Å²) in [7, 11) is 0. The first kappa shape index (κ1) is 11.0. The summed E-state index contributed by atoms with van der Waals surface area (Å²) in [5.74, 6) is 0.509. The first-order chi connectivity index (χ1) is 6.58. The monoisotopic (exact) mass is 195 g/mol. The van der Waals surface area contributed by atoms with Crippen LogP contribution in [-0.2, 0) is 0 Å². The van der Waals surface area contributed by atoms with Crippen molar-refractivity contribution in [1.82, 2.24) is 0 Å². The second-order valence-corrected chi connectivity index (χ2v) is 4.13. The number of aryl methyl sites for hydroxylation is 1. The van der Waals surface area contributed by atoms with Crippen molar-refractivity contribution in [3.8, 4) is 0 Å². The molecule has 1 N–H and O–H groups in total. The van der Waals surface area contributed by atoms with E-state index < -0.39 is 0 Å². The molecule has 0 fully saturated rings. The molecule has 1 rings (SSSR count). The number of halogens is 1. The molecule has 0 heterocycles. The summed E-state index contributed by atoms with van der Waals surface area (Å²) in [5.41, 5.74) is 1.83. The number of hydrogen-bond acceptors (Lipinski definition) is 1. The van der Waals surface area contributed by atoms with Crippen molar-refractivity contribution >= 4 is 5.69 Å². The predicted molar refractivity (Wildman–Crippen MR) is 59.1 cm³/mol. The van der Waals surface area contributed by atoms with E-state index in [1.807, 2.05) is 13.0 Å². The van der Waals surface area contributed by atoms with Crippen molar-refractivity contribution in [3.63, 3.8) is 0 Å². The van der Waals surface area contributed by atoms with E-state index in [9.17, 15) is 4.39 Å². The summed E-state index contributed by atoms with van der Waals surface area (Å²) >= 11 is 0. The average molecular weight is 195 g/mol. The molecule has 0 saturated carbocycles. The number of nitrogens with one attached hydrogen (secondary N) is 1. The second kappa shape index (κ2) is 4.99. The fourth-order valence-corrected chi connectivity index (χ4v) is 1.34. The van der Waals surface area contributed by atoms with Gasteiger partial charge in [0.2, 0.25) is 0 Å². The zero-order valence-corrected chi connectivity index (χ0v) is 9.10. The molecule has 0 amide bonds. The maximum absolute atomic E-state index is 13.0. The normalized spacial score (nSPS) is 10.6. The summed E-state index contributed by atoms with van der Waals surface area (Å²) < 4.78 is 13.0. The van der Waals surface area contributed by atoms with Gasteiger partial charge in [-0.2, -0.15) is 0 Å². The van der Waals surface area contributed by atoms with Gasteiger partial charge in [-0.15, -0.1) is 0 Å². The lowest BCUT2D eigenvalue weighted by Gasteiger charge is -2.09. The van der Waals surface area contributed by atoms with Crippen LogP contribution in [0.25, 0.3) is 0 Å². The Morgan fingerprint density at radius 2 is 2.00 bits per heavy atom. The highest BCUT2D eigenvalue weighted by Crippen LogP contribution is 2.13. The topological polar surface area (TPSA) is 12.0 Å². The molecule has 0 spiro atoms. The maximum atomic E-state index is 13.0. The third-order valence-corrected chi connectivity index (χ3v) is 2.09. The van der Waals surface area contributed by atoms with Gasteiger partial charge in [-0.1, -0.05) is 13.8 Å². The Kier molecular flexibility index (Phi) is 3.93. The Balaban J connectivity index is 2.50. The lowest BCUT2D eigenvalue weighted by Crippen LogP contribution is -2.05. The van der Waals surface area contributed by atoms with Crippen LogP contribution in [0.1, 0.15) is 25.8 Å². The highest BCUT2D eigenvalue weighted by molar-refractivity contribution is 5.45. The van der Waals surface area contributed by atoms with Gasteiger partial charge in [-0.05, 0) is 43.0 Å². The number of anilines is 1. The van der Waals surface area contributed by atoms with Gasteiger partial charge >= 0.3 is 0 Å². The van der Waals surface area contributed by atoms with Crippen molar-refractivity contribution in [2.75, 3.05) is 11.9 Å². The van der Waals surface area contributed by atoms with E-state index in [0.29, 0.717) is 5.92 Å². The van der Waals surface area contributed by atoms with Gasteiger partial charge in [0.15, 0.2) is 0 Å². The molecule has 1 aromatic rings. The summed E-state index contributed by atoms with van der Waals surface area (Å²) in [6.07, 6.45) is 1.11. The van der Waals surface area contributed by atoms with Crippen LogP contribution < -0.4 is 5.32 Å². The Hall–Kier alpha value is -1.05. The molecule has 2 heteroatoms. The zero-order chi connectivity index (χ0) is 10.6. The maximum Gasteiger partial charge on any atom is 0.125 e. The Morgan fingerprint density at radius 1 is 1.29 bits per heavy atom. The van der Waals surface area contributed by atoms with E-state index in [1.54, 1.807) is 0 Å². The Bertz CT molecular complexity index is 274. The molecular weight excluding hydrogens is 177 g/mol. The lowest BCUT2D eigenvalue weighted by atomic mass is 10.1. The molecule has 0 radical (unpaired) electrons. The van der Waals surface area contributed by atoms with Crippen LogP contribution in [0.3, 0.4) is 0 Å². The Morgan fingerprint density at radius 3 is 2.57 bits per heavy atom. The van der Waals surface area contributed by atoms with Crippen LogP contribution in [0.2, 0.25) is 0 Å². The van der Waals surface area contributed by atoms with Gasteiger partial charge in [0.1, 0.15) is 5.82 Å². The minimum atomic E-state index is -0.169. The standard InChI is InChI=1S/C12H18FN/c1-9(2)4-5-14-12-7-10(3)6-11(13)8-12/h6-9,14H,4-5H2,1-3H3. The van der Waals surface area contributed by atoms with Gasteiger partial charge in [-0.25, -0.2) is 4.39 Å². The molecule has 0 aliphatic carbocycles. The highest BCUT2D eigenvalue weighted by Gasteiger charge is 1.98. The van der Waals surface area contributed by atoms with Crippen molar-refractivity contribution in [1.29, 1.82) is 0 Å². The van der Waals surface area contributed by atoms with Crippen LogP contribution in [0.4, 0.5) is 10.1 Å². The second-order valence-electron chi connectivity index (χ2n) is 4.13. The molecule has 0 bridgehead atoms. The van der Waals surface area contributed by atoms with Gasteiger partial charge in [0.05, 0.1) is 0 Å². The van der Waals surface area contributed by atoms with Crippen LogP contribution in [0.15, 0.2) is 18.2 Å². The number of benzene rings is 1. The summed E-state index contributed by atoms with van der Waals surface area (Å²) in [6, 6.07) is 5.03. The third kappa shape index (κ3) is 3.77. The van der Waals surface area contributed by atoms with E-state index in [1.165, 1.54) is 12.1 Å². The summed E-state index contributed by atoms with van der Waals surface area (Å²) in [5, 5.41) is 3.22. The molecule has 78 valence electrons. The third-order valence-electron chi connectivity index (χ3n) is 2.09. The van der Waals surface area contributed by atoms with Crippen molar-refractivity contribution in [2.45, 2.75) is 27.2 Å². The molecule has 1 aromatic carbocycles. The molecule has 14 heavy (non-hydrogen) atoms. The highest BCUT2D eigenvalue weighted by atomic mass is 19.1. The lowest BCUT2D eigenvalue weighted by molar-refractivity contribution is 0.606. The van der Waals surface area contributed by atoms with Gasteiger partial charge < -0.3 is 5.32 Å². The first-order valence-corrected chi connectivity index (χ1v) is 5.09. The van der Waals surface area contributed by atoms with Crippen LogP contribution in [-0.4, -0.2) is 6.54 Å². The fourth-order valence-electron chi connectivity index (χ4n) is 1.34. The Labute approximate surface area is 85.3 Å². The molecular formula is C12H18FN. The minimum Gasteiger partial charge on any atom is -0.385 e. The van der Waals surface area contributed by atoms with E-state index in [4.69, 9.17) is 0 Å². The van der Waals surface area contributed by atoms with E-state index in [2.05, 4.69) is 19.2 Å². The zero-order valence-electron chi connectivity index (χ0n) is 9.10. The predicted octanol–water partition coefficient (Wildman–Crippen LogP) is 3.59. The molecule has 0 unspecified atom stereocenters.